The molecule has 0 unspecified atom stereocenters. The van der Waals surface area contributed by atoms with Crippen LogP contribution in [0.4, 0.5) is 5.82 Å². The van der Waals surface area contributed by atoms with Crippen molar-refractivity contribution in [1.29, 1.82) is 0 Å². The second-order valence-corrected chi connectivity index (χ2v) is 5.28. The lowest BCUT2D eigenvalue weighted by Crippen LogP contribution is -2.15. The molecule has 23 heavy (non-hydrogen) atoms. The summed E-state index contributed by atoms with van der Waals surface area (Å²) in [5.74, 6) is -0.0681. The molecule has 3 aromatic rings. The van der Waals surface area contributed by atoms with Crippen LogP contribution in [0.1, 0.15) is 10.5 Å². The van der Waals surface area contributed by atoms with E-state index in [1.165, 1.54) is 24.9 Å². The monoisotopic (exact) mass is 345 g/mol. The standard InChI is InChI=1S/C15H9Cl2N5O/c16-10-2-1-9(5-11(10)17)12-6-13(21-8-20-12)15(23)22-14-7-18-3-4-19-14/h1-8H,(H,19,22,23). The normalized spacial score (nSPS) is 10.3. The Labute approximate surface area is 141 Å². The molecule has 0 radical (unpaired) electrons. The second-order valence-electron chi connectivity index (χ2n) is 4.46. The molecule has 0 fully saturated rings. The number of benzene rings is 1. The van der Waals surface area contributed by atoms with E-state index < -0.39 is 5.91 Å². The van der Waals surface area contributed by atoms with Crippen LogP contribution in [0.5, 0.6) is 0 Å². The van der Waals surface area contributed by atoms with E-state index in [1.807, 2.05) is 0 Å². The maximum atomic E-state index is 12.2. The van der Waals surface area contributed by atoms with Gasteiger partial charge in [0, 0.05) is 18.0 Å². The van der Waals surface area contributed by atoms with Crippen molar-refractivity contribution in [1.82, 2.24) is 19.9 Å². The summed E-state index contributed by atoms with van der Waals surface area (Å²) in [6.45, 7) is 0. The third kappa shape index (κ3) is 3.61. The first kappa shape index (κ1) is 15.3. The number of carbonyl (C=O) groups is 1. The van der Waals surface area contributed by atoms with Gasteiger partial charge in [0.2, 0.25) is 0 Å². The van der Waals surface area contributed by atoms with Crippen LogP contribution in [-0.2, 0) is 0 Å². The molecule has 0 aliphatic rings. The summed E-state index contributed by atoms with van der Waals surface area (Å²) in [4.78, 5) is 28.2. The van der Waals surface area contributed by atoms with Gasteiger partial charge >= 0.3 is 0 Å². The van der Waals surface area contributed by atoms with Crippen LogP contribution in [0, 0.1) is 0 Å². The molecular weight excluding hydrogens is 337 g/mol. The molecule has 2 aromatic heterocycles. The number of nitrogens with zero attached hydrogens (tertiary/aromatic N) is 4. The summed E-state index contributed by atoms with van der Waals surface area (Å²) in [6, 6.07) is 6.67. The van der Waals surface area contributed by atoms with Crippen LogP contribution in [0.2, 0.25) is 10.0 Å². The largest absolute Gasteiger partial charge is 0.304 e. The zero-order valence-corrected chi connectivity index (χ0v) is 13.1. The van der Waals surface area contributed by atoms with Crippen molar-refractivity contribution in [3.63, 3.8) is 0 Å². The number of nitrogens with one attached hydrogen (secondary N) is 1. The smallest absolute Gasteiger partial charge is 0.275 e. The lowest BCUT2D eigenvalue weighted by Gasteiger charge is -2.06. The highest BCUT2D eigenvalue weighted by Gasteiger charge is 2.11. The Balaban J connectivity index is 1.87. The highest BCUT2D eigenvalue weighted by atomic mass is 35.5. The predicted molar refractivity (Wildman–Crippen MR) is 87.5 cm³/mol. The van der Waals surface area contributed by atoms with Crippen LogP contribution in [0.25, 0.3) is 11.3 Å². The average Bonchev–Trinajstić information content (AvgIpc) is 2.58. The lowest BCUT2D eigenvalue weighted by molar-refractivity contribution is 0.102. The fraction of sp³-hybridized carbons (Fsp3) is 0. The number of aromatic nitrogens is 4. The van der Waals surface area contributed by atoms with E-state index >= 15 is 0 Å². The molecule has 8 heteroatoms. The van der Waals surface area contributed by atoms with Gasteiger partial charge in [-0.2, -0.15) is 0 Å². The SMILES string of the molecule is O=C(Nc1cnccn1)c1cc(-c2ccc(Cl)c(Cl)c2)ncn1. The molecule has 0 aliphatic carbocycles. The van der Waals surface area contributed by atoms with E-state index in [1.54, 1.807) is 24.3 Å². The molecule has 0 aliphatic heterocycles. The van der Waals surface area contributed by atoms with Gasteiger partial charge in [0.05, 0.1) is 21.9 Å². The summed E-state index contributed by atoms with van der Waals surface area (Å²) in [6.07, 6.45) is 5.75. The maximum absolute atomic E-state index is 12.2. The van der Waals surface area contributed by atoms with E-state index in [0.29, 0.717) is 21.6 Å². The molecule has 0 saturated heterocycles. The second kappa shape index (κ2) is 6.68. The van der Waals surface area contributed by atoms with Gasteiger partial charge in [-0.05, 0) is 18.2 Å². The molecule has 3 rings (SSSR count). The van der Waals surface area contributed by atoms with E-state index in [2.05, 4.69) is 25.3 Å². The van der Waals surface area contributed by atoms with Crippen molar-refractivity contribution in [2.45, 2.75) is 0 Å². The Morgan fingerprint density at radius 1 is 1.00 bits per heavy atom. The predicted octanol–water partition coefficient (Wildman–Crippen LogP) is 3.49. The van der Waals surface area contributed by atoms with Gasteiger partial charge in [-0.25, -0.2) is 15.0 Å². The van der Waals surface area contributed by atoms with Gasteiger partial charge < -0.3 is 5.32 Å². The summed E-state index contributed by atoms with van der Waals surface area (Å²) in [5, 5.41) is 3.47. The van der Waals surface area contributed by atoms with E-state index in [0.717, 1.165) is 5.56 Å². The van der Waals surface area contributed by atoms with Crippen molar-refractivity contribution >= 4 is 34.9 Å². The van der Waals surface area contributed by atoms with Crippen molar-refractivity contribution in [3.8, 4) is 11.3 Å². The van der Waals surface area contributed by atoms with E-state index in [4.69, 9.17) is 23.2 Å². The fourth-order valence-electron chi connectivity index (χ4n) is 1.84. The molecule has 0 bridgehead atoms. The Kier molecular flexibility index (Phi) is 4.45. The molecule has 1 N–H and O–H groups in total. The van der Waals surface area contributed by atoms with Gasteiger partial charge in [0.1, 0.15) is 12.0 Å². The first-order valence-electron chi connectivity index (χ1n) is 6.48. The quantitative estimate of drug-likeness (QED) is 0.785. The van der Waals surface area contributed by atoms with Crippen molar-refractivity contribution < 1.29 is 4.79 Å². The molecule has 1 amide bonds. The summed E-state index contributed by atoms with van der Waals surface area (Å²) in [5.41, 5.74) is 1.49. The molecule has 114 valence electrons. The number of hydrogen-bond donors (Lipinski definition) is 1. The van der Waals surface area contributed by atoms with Crippen molar-refractivity contribution in [2.75, 3.05) is 5.32 Å². The maximum Gasteiger partial charge on any atom is 0.275 e. The minimum Gasteiger partial charge on any atom is -0.304 e. The highest BCUT2D eigenvalue weighted by molar-refractivity contribution is 6.42. The number of hydrogen-bond acceptors (Lipinski definition) is 5. The minimum atomic E-state index is -0.408. The van der Waals surface area contributed by atoms with Crippen LogP contribution in [0.3, 0.4) is 0 Å². The highest BCUT2D eigenvalue weighted by Crippen LogP contribution is 2.27. The number of halogens is 2. The zero-order chi connectivity index (χ0) is 16.2. The third-order valence-electron chi connectivity index (χ3n) is 2.92. The van der Waals surface area contributed by atoms with Crippen LogP contribution >= 0.6 is 23.2 Å². The lowest BCUT2D eigenvalue weighted by atomic mass is 10.1. The number of rotatable bonds is 3. The van der Waals surface area contributed by atoms with Crippen molar-refractivity contribution in [2.24, 2.45) is 0 Å². The van der Waals surface area contributed by atoms with E-state index in [-0.39, 0.29) is 5.69 Å². The summed E-state index contributed by atoms with van der Waals surface area (Å²) in [7, 11) is 0. The third-order valence-corrected chi connectivity index (χ3v) is 3.66. The average molecular weight is 346 g/mol. The first-order valence-corrected chi connectivity index (χ1v) is 7.24. The molecule has 2 heterocycles. The Hall–Kier alpha value is -2.57. The van der Waals surface area contributed by atoms with Crippen molar-refractivity contribution in [3.05, 3.63) is 64.9 Å². The molecule has 0 spiro atoms. The Morgan fingerprint density at radius 2 is 1.87 bits per heavy atom. The van der Waals surface area contributed by atoms with E-state index in [9.17, 15) is 4.79 Å². The molecule has 6 nitrogen and oxygen atoms in total. The minimum absolute atomic E-state index is 0.201. The molecule has 0 atom stereocenters. The van der Waals surface area contributed by atoms with Gasteiger partial charge in [-0.1, -0.05) is 29.3 Å². The zero-order valence-electron chi connectivity index (χ0n) is 11.6. The Bertz CT molecular complexity index is 857. The summed E-state index contributed by atoms with van der Waals surface area (Å²) >= 11 is 11.9. The number of amides is 1. The van der Waals surface area contributed by atoms with Gasteiger partial charge in [-0.3, -0.25) is 9.78 Å². The molecule has 1 aromatic carbocycles. The van der Waals surface area contributed by atoms with Gasteiger partial charge in [0.15, 0.2) is 5.82 Å². The van der Waals surface area contributed by atoms with Crippen LogP contribution in [-0.4, -0.2) is 25.8 Å². The van der Waals surface area contributed by atoms with Crippen LogP contribution < -0.4 is 5.32 Å². The molecular formula is C15H9Cl2N5O. The first-order chi connectivity index (χ1) is 11.1. The number of carbonyl (C=O) groups excluding carboxylic acids is 1. The molecule has 0 saturated carbocycles. The number of anilines is 1. The topological polar surface area (TPSA) is 80.7 Å². The van der Waals surface area contributed by atoms with Gasteiger partial charge in [0.25, 0.3) is 5.91 Å². The summed E-state index contributed by atoms with van der Waals surface area (Å²) < 4.78 is 0. The van der Waals surface area contributed by atoms with Crippen LogP contribution in [0.15, 0.2) is 49.2 Å². The Morgan fingerprint density at radius 3 is 2.61 bits per heavy atom. The van der Waals surface area contributed by atoms with Gasteiger partial charge in [-0.15, -0.1) is 0 Å². The fourth-order valence-corrected chi connectivity index (χ4v) is 2.14.